The summed E-state index contributed by atoms with van der Waals surface area (Å²) in [7, 11) is 0. The molecule has 3 aromatic rings. The van der Waals surface area contributed by atoms with Crippen LogP contribution in [-0.2, 0) is 9.53 Å². The monoisotopic (exact) mass is 394 g/mol. The number of carbonyl (C=O) groups excluding carboxylic acids is 1. The van der Waals surface area contributed by atoms with Crippen molar-refractivity contribution < 1.29 is 9.53 Å². The Labute approximate surface area is 178 Å². The lowest BCUT2D eigenvalue weighted by molar-refractivity contribution is -0.140. The van der Waals surface area contributed by atoms with Gasteiger partial charge in [-0.15, -0.1) is 0 Å². The zero-order chi connectivity index (χ0) is 20.9. The minimum atomic E-state index is -0.373. The summed E-state index contributed by atoms with van der Waals surface area (Å²) in [5.74, 6) is 0.325. The van der Waals surface area contributed by atoms with E-state index in [2.05, 4.69) is 38.1 Å². The summed E-state index contributed by atoms with van der Waals surface area (Å²) in [6.45, 7) is 4.31. The van der Waals surface area contributed by atoms with Crippen LogP contribution in [0.1, 0.15) is 47.9 Å². The van der Waals surface area contributed by atoms with Crippen LogP contribution in [0, 0.1) is 5.92 Å². The molecule has 2 heteroatoms. The fourth-order valence-corrected chi connectivity index (χ4v) is 3.95. The van der Waals surface area contributed by atoms with Crippen LogP contribution in [0.25, 0.3) is 11.8 Å². The standard InChI is InChI=1S/C28H26O2/c1-20(2)23-15-9-10-16-24(23)27-19-26(22-13-7-4-8-14-22)25(28(29)30-27)18-17-21-11-5-3-6-12-21/h3-20,25-26H,1-2H3/b18-17+/t25-,26-/m1/s1. The Balaban J connectivity index is 1.77. The van der Waals surface area contributed by atoms with Crippen molar-refractivity contribution in [1.29, 1.82) is 0 Å². The van der Waals surface area contributed by atoms with Crippen molar-refractivity contribution in [2.75, 3.05) is 0 Å². The second kappa shape index (κ2) is 8.96. The smallest absolute Gasteiger partial charge is 0.319 e. The minimum Gasteiger partial charge on any atom is -0.426 e. The normalized spacial score (nSPS) is 19.0. The molecular formula is C28H26O2. The van der Waals surface area contributed by atoms with Crippen LogP contribution in [0.4, 0.5) is 0 Å². The van der Waals surface area contributed by atoms with Gasteiger partial charge in [-0.1, -0.05) is 111 Å². The number of allylic oxidation sites excluding steroid dienone is 1. The molecule has 4 rings (SSSR count). The van der Waals surface area contributed by atoms with Gasteiger partial charge in [0.2, 0.25) is 0 Å². The molecule has 2 nitrogen and oxygen atoms in total. The van der Waals surface area contributed by atoms with Crippen molar-refractivity contribution in [3.05, 3.63) is 119 Å². The van der Waals surface area contributed by atoms with E-state index >= 15 is 0 Å². The van der Waals surface area contributed by atoms with E-state index in [4.69, 9.17) is 4.74 Å². The molecule has 0 aliphatic carbocycles. The fourth-order valence-electron chi connectivity index (χ4n) is 3.95. The molecule has 0 radical (unpaired) electrons. The van der Waals surface area contributed by atoms with Gasteiger partial charge in [0, 0.05) is 11.5 Å². The third-order valence-corrected chi connectivity index (χ3v) is 5.53. The van der Waals surface area contributed by atoms with Gasteiger partial charge in [0.15, 0.2) is 0 Å². The molecule has 2 atom stereocenters. The summed E-state index contributed by atoms with van der Waals surface area (Å²) in [5.41, 5.74) is 4.35. The Morgan fingerprint density at radius 1 is 0.833 bits per heavy atom. The fraction of sp³-hybridized carbons (Fsp3) is 0.179. The van der Waals surface area contributed by atoms with Gasteiger partial charge in [-0.3, -0.25) is 4.79 Å². The van der Waals surface area contributed by atoms with E-state index in [1.807, 2.05) is 78.9 Å². The van der Waals surface area contributed by atoms with Crippen molar-refractivity contribution in [1.82, 2.24) is 0 Å². The summed E-state index contributed by atoms with van der Waals surface area (Å²) < 4.78 is 5.89. The minimum absolute atomic E-state index is 0.0809. The summed E-state index contributed by atoms with van der Waals surface area (Å²) in [6, 6.07) is 28.4. The molecule has 1 aliphatic rings. The zero-order valence-corrected chi connectivity index (χ0v) is 17.4. The molecule has 0 amide bonds. The van der Waals surface area contributed by atoms with Crippen LogP contribution in [0.15, 0.2) is 97.1 Å². The van der Waals surface area contributed by atoms with E-state index in [0.717, 1.165) is 16.7 Å². The molecule has 30 heavy (non-hydrogen) atoms. The molecule has 0 saturated heterocycles. The summed E-state index contributed by atoms with van der Waals surface area (Å²) >= 11 is 0. The first-order chi connectivity index (χ1) is 14.6. The predicted molar refractivity (Wildman–Crippen MR) is 123 cm³/mol. The first-order valence-electron chi connectivity index (χ1n) is 10.4. The van der Waals surface area contributed by atoms with E-state index in [1.165, 1.54) is 5.56 Å². The van der Waals surface area contributed by atoms with Gasteiger partial charge in [-0.2, -0.15) is 0 Å². The maximum absolute atomic E-state index is 13.1. The lowest BCUT2D eigenvalue weighted by atomic mass is 9.82. The van der Waals surface area contributed by atoms with E-state index in [-0.39, 0.29) is 17.8 Å². The van der Waals surface area contributed by atoms with Gasteiger partial charge in [-0.05, 0) is 28.7 Å². The number of benzene rings is 3. The summed E-state index contributed by atoms with van der Waals surface area (Å²) in [4.78, 5) is 13.1. The van der Waals surface area contributed by atoms with Crippen LogP contribution < -0.4 is 0 Å². The average molecular weight is 395 g/mol. The third-order valence-electron chi connectivity index (χ3n) is 5.53. The lowest BCUT2D eigenvalue weighted by Crippen LogP contribution is -2.26. The summed E-state index contributed by atoms with van der Waals surface area (Å²) in [5, 5.41) is 0. The van der Waals surface area contributed by atoms with Crippen LogP contribution in [-0.4, -0.2) is 5.97 Å². The molecule has 150 valence electrons. The van der Waals surface area contributed by atoms with Gasteiger partial charge >= 0.3 is 5.97 Å². The summed E-state index contributed by atoms with van der Waals surface area (Å²) in [6.07, 6.45) is 6.08. The number of carbonyl (C=O) groups is 1. The molecule has 0 N–H and O–H groups in total. The Kier molecular flexibility index (Phi) is 5.94. The highest BCUT2D eigenvalue weighted by molar-refractivity contribution is 5.87. The molecule has 0 unspecified atom stereocenters. The quantitative estimate of drug-likeness (QED) is 0.444. The van der Waals surface area contributed by atoms with Crippen LogP contribution in [0.2, 0.25) is 0 Å². The molecule has 0 aromatic heterocycles. The van der Waals surface area contributed by atoms with Crippen molar-refractivity contribution in [3.8, 4) is 0 Å². The highest BCUT2D eigenvalue weighted by Gasteiger charge is 2.34. The second-order valence-corrected chi connectivity index (χ2v) is 7.93. The van der Waals surface area contributed by atoms with Crippen molar-refractivity contribution in [2.24, 2.45) is 5.92 Å². The number of cyclic esters (lactones) is 1. The van der Waals surface area contributed by atoms with Gasteiger partial charge in [-0.25, -0.2) is 0 Å². The van der Waals surface area contributed by atoms with Crippen LogP contribution in [0.3, 0.4) is 0 Å². The van der Waals surface area contributed by atoms with Gasteiger partial charge < -0.3 is 4.74 Å². The molecule has 0 spiro atoms. The number of rotatable bonds is 5. The van der Waals surface area contributed by atoms with E-state index in [1.54, 1.807) is 0 Å². The Morgan fingerprint density at radius 2 is 1.47 bits per heavy atom. The van der Waals surface area contributed by atoms with Crippen LogP contribution >= 0.6 is 0 Å². The molecule has 3 aromatic carbocycles. The Hall–Kier alpha value is -3.39. The average Bonchev–Trinajstić information content (AvgIpc) is 2.79. The van der Waals surface area contributed by atoms with Crippen molar-refractivity contribution >= 4 is 17.8 Å². The van der Waals surface area contributed by atoms with Gasteiger partial charge in [0.25, 0.3) is 0 Å². The molecule has 0 fully saturated rings. The number of ether oxygens (including phenoxy) is 1. The third kappa shape index (κ3) is 4.28. The number of hydrogen-bond acceptors (Lipinski definition) is 2. The zero-order valence-electron chi connectivity index (χ0n) is 17.4. The number of esters is 1. The maximum Gasteiger partial charge on any atom is 0.319 e. The predicted octanol–water partition coefficient (Wildman–Crippen LogP) is 6.82. The van der Waals surface area contributed by atoms with E-state index in [9.17, 15) is 4.79 Å². The molecule has 1 aliphatic heterocycles. The van der Waals surface area contributed by atoms with Gasteiger partial charge in [0.1, 0.15) is 5.76 Å². The Morgan fingerprint density at radius 3 is 2.17 bits per heavy atom. The van der Waals surface area contributed by atoms with E-state index < -0.39 is 0 Å². The SMILES string of the molecule is CC(C)c1ccccc1C1=C[C@H](c2ccccc2)[C@@H](/C=C/c2ccccc2)C(=O)O1. The highest BCUT2D eigenvalue weighted by Crippen LogP contribution is 2.39. The molecule has 0 bridgehead atoms. The van der Waals surface area contributed by atoms with E-state index in [0.29, 0.717) is 11.7 Å². The highest BCUT2D eigenvalue weighted by atomic mass is 16.5. The Bertz CT molecular complexity index is 1060. The largest absolute Gasteiger partial charge is 0.426 e. The van der Waals surface area contributed by atoms with Crippen LogP contribution in [0.5, 0.6) is 0 Å². The first-order valence-corrected chi connectivity index (χ1v) is 10.4. The van der Waals surface area contributed by atoms with Crippen molar-refractivity contribution in [3.63, 3.8) is 0 Å². The first kappa shape index (κ1) is 19.9. The lowest BCUT2D eigenvalue weighted by Gasteiger charge is -2.28. The van der Waals surface area contributed by atoms with Crippen molar-refractivity contribution in [2.45, 2.75) is 25.7 Å². The molecular weight excluding hydrogens is 368 g/mol. The van der Waals surface area contributed by atoms with Gasteiger partial charge in [0.05, 0.1) is 5.92 Å². The second-order valence-electron chi connectivity index (χ2n) is 7.93. The number of hydrogen-bond donors (Lipinski definition) is 0. The maximum atomic E-state index is 13.1. The molecule has 0 saturated carbocycles. The molecule has 1 heterocycles. The topological polar surface area (TPSA) is 26.3 Å².